The molecule has 0 bridgehead atoms. The fourth-order valence-corrected chi connectivity index (χ4v) is 2.94. The van der Waals surface area contributed by atoms with E-state index in [9.17, 15) is 0 Å². The quantitative estimate of drug-likeness (QED) is 0.790. The van der Waals surface area contributed by atoms with E-state index in [1.807, 2.05) is 33.8 Å². The summed E-state index contributed by atoms with van der Waals surface area (Å²) >= 11 is 6.37. The number of hydrogen-bond donors (Lipinski definition) is 0. The van der Waals surface area contributed by atoms with Crippen LogP contribution in [0.2, 0.25) is 5.02 Å². The van der Waals surface area contributed by atoms with Crippen molar-refractivity contribution >= 4 is 24.2 Å². The fourth-order valence-electron chi connectivity index (χ4n) is 2.75. The van der Waals surface area contributed by atoms with E-state index < -0.39 is 18.3 Å². The molecular formula is C17H22BClN2O2. The number of rotatable bonds is 2. The topological polar surface area (TPSA) is 36.3 Å². The third-order valence-electron chi connectivity index (χ3n) is 4.88. The van der Waals surface area contributed by atoms with Gasteiger partial charge in [-0.2, -0.15) is 0 Å². The van der Waals surface area contributed by atoms with Crippen LogP contribution in [0, 0.1) is 13.8 Å². The Morgan fingerprint density at radius 2 is 1.57 bits per heavy atom. The van der Waals surface area contributed by atoms with Crippen LogP contribution in [0.15, 0.2) is 24.4 Å². The van der Waals surface area contributed by atoms with Crippen molar-refractivity contribution in [3.63, 3.8) is 0 Å². The molecule has 1 fully saturated rings. The van der Waals surface area contributed by atoms with E-state index in [-0.39, 0.29) is 0 Å². The van der Waals surface area contributed by atoms with Crippen LogP contribution in [-0.2, 0) is 9.31 Å². The monoisotopic (exact) mass is 332 g/mol. The van der Waals surface area contributed by atoms with Crippen molar-refractivity contribution in [3.8, 4) is 5.82 Å². The number of pyridine rings is 1. The SMILES string of the molecule is Cc1ccc(C)n1-c1cc(B2OC(C)(C)C(C)(C)O2)c(Cl)cn1. The lowest BCUT2D eigenvalue weighted by Crippen LogP contribution is -2.41. The van der Waals surface area contributed by atoms with Gasteiger partial charge in [-0.3, -0.25) is 0 Å². The van der Waals surface area contributed by atoms with Crippen LogP contribution in [0.1, 0.15) is 39.1 Å². The summed E-state index contributed by atoms with van der Waals surface area (Å²) in [6, 6.07) is 6.09. The minimum Gasteiger partial charge on any atom is -0.399 e. The van der Waals surface area contributed by atoms with Crippen LogP contribution < -0.4 is 5.46 Å². The molecule has 122 valence electrons. The Bertz CT molecular complexity index is 720. The molecule has 0 aliphatic carbocycles. The highest BCUT2D eigenvalue weighted by Gasteiger charge is 2.52. The number of halogens is 1. The van der Waals surface area contributed by atoms with E-state index in [1.54, 1.807) is 6.20 Å². The van der Waals surface area contributed by atoms with Gasteiger partial charge in [-0.05, 0) is 59.7 Å². The highest BCUT2D eigenvalue weighted by Crippen LogP contribution is 2.37. The summed E-state index contributed by atoms with van der Waals surface area (Å²) in [7, 11) is -0.495. The molecule has 3 heterocycles. The number of nitrogens with zero attached hydrogens (tertiary/aromatic N) is 2. The lowest BCUT2D eigenvalue weighted by molar-refractivity contribution is 0.00578. The Kier molecular flexibility index (Phi) is 3.86. The van der Waals surface area contributed by atoms with Crippen LogP contribution in [0.4, 0.5) is 0 Å². The fraction of sp³-hybridized carbons (Fsp3) is 0.471. The summed E-state index contributed by atoms with van der Waals surface area (Å²) < 4.78 is 14.3. The van der Waals surface area contributed by atoms with E-state index >= 15 is 0 Å². The maximum atomic E-state index is 6.37. The molecule has 3 rings (SSSR count). The number of aryl methyl sites for hydroxylation is 2. The second kappa shape index (κ2) is 5.37. The minimum absolute atomic E-state index is 0.399. The van der Waals surface area contributed by atoms with Crippen molar-refractivity contribution in [1.82, 2.24) is 9.55 Å². The molecule has 2 aromatic rings. The van der Waals surface area contributed by atoms with E-state index in [0.717, 1.165) is 22.7 Å². The Balaban J connectivity index is 2.04. The first kappa shape index (κ1) is 16.6. The zero-order valence-electron chi connectivity index (χ0n) is 14.5. The normalized spacial score (nSPS) is 19.3. The minimum atomic E-state index is -0.495. The first-order chi connectivity index (χ1) is 10.6. The molecule has 0 aromatic carbocycles. The van der Waals surface area contributed by atoms with Crippen molar-refractivity contribution in [2.45, 2.75) is 52.7 Å². The molecule has 2 aromatic heterocycles. The summed E-state index contributed by atoms with van der Waals surface area (Å²) in [6.45, 7) is 12.2. The van der Waals surface area contributed by atoms with Gasteiger partial charge in [-0.15, -0.1) is 0 Å². The highest BCUT2D eigenvalue weighted by molar-refractivity contribution is 6.65. The molecular weight excluding hydrogens is 310 g/mol. The smallest absolute Gasteiger partial charge is 0.399 e. The van der Waals surface area contributed by atoms with Crippen LogP contribution >= 0.6 is 11.6 Å². The van der Waals surface area contributed by atoms with Gasteiger partial charge in [-0.1, -0.05) is 11.6 Å². The molecule has 4 nitrogen and oxygen atoms in total. The summed E-state index contributed by atoms with van der Waals surface area (Å²) in [6.07, 6.45) is 1.66. The van der Waals surface area contributed by atoms with Gasteiger partial charge in [0.2, 0.25) is 0 Å². The summed E-state index contributed by atoms with van der Waals surface area (Å²) in [5.74, 6) is 0.819. The molecule has 0 unspecified atom stereocenters. The lowest BCUT2D eigenvalue weighted by Gasteiger charge is -2.32. The van der Waals surface area contributed by atoms with Crippen LogP contribution in [0.5, 0.6) is 0 Å². The molecule has 0 amide bonds. The summed E-state index contributed by atoms with van der Waals surface area (Å²) in [5.41, 5.74) is 2.25. The second-order valence-corrected chi connectivity index (χ2v) is 7.51. The molecule has 0 radical (unpaired) electrons. The molecule has 1 saturated heterocycles. The van der Waals surface area contributed by atoms with Crippen molar-refractivity contribution in [2.24, 2.45) is 0 Å². The van der Waals surface area contributed by atoms with Gasteiger partial charge in [0.1, 0.15) is 5.82 Å². The van der Waals surface area contributed by atoms with Crippen molar-refractivity contribution < 1.29 is 9.31 Å². The average Bonchev–Trinajstić information content (AvgIpc) is 2.87. The third-order valence-corrected chi connectivity index (χ3v) is 5.19. The lowest BCUT2D eigenvalue weighted by atomic mass is 9.79. The molecule has 6 heteroatoms. The standard InChI is InChI=1S/C17H22BClN2O2/c1-11-7-8-12(2)21(11)15-9-13(14(19)10-20-15)18-22-16(3,4)17(5,6)23-18/h7-10H,1-6H3. The van der Waals surface area contributed by atoms with Gasteiger partial charge in [0.25, 0.3) is 0 Å². The maximum Gasteiger partial charge on any atom is 0.496 e. The van der Waals surface area contributed by atoms with Gasteiger partial charge in [-0.25, -0.2) is 4.98 Å². The van der Waals surface area contributed by atoms with E-state index in [2.05, 4.69) is 35.5 Å². The van der Waals surface area contributed by atoms with Crippen LogP contribution in [0.25, 0.3) is 5.82 Å². The van der Waals surface area contributed by atoms with E-state index in [0.29, 0.717) is 5.02 Å². The average molecular weight is 333 g/mol. The molecule has 1 aliphatic rings. The van der Waals surface area contributed by atoms with E-state index in [1.165, 1.54) is 0 Å². The highest BCUT2D eigenvalue weighted by atomic mass is 35.5. The summed E-state index contributed by atoms with van der Waals surface area (Å²) in [4.78, 5) is 4.47. The van der Waals surface area contributed by atoms with Gasteiger partial charge < -0.3 is 13.9 Å². The first-order valence-electron chi connectivity index (χ1n) is 7.79. The Morgan fingerprint density at radius 3 is 2.09 bits per heavy atom. The zero-order valence-corrected chi connectivity index (χ0v) is 15.2. The Hall–Kier alpha value is -1.30. The third kappa shape index (κ3) is 2.71. The predicted molar refractivity (Wildman–Crippen MR) is 93.8 cm³/mol. The van der Waals surface area contributed by atoms with Gasteiger partial charge in [0.15, 0.2) is 0 Å². The van der Waals surface area contributed by atoms with Gasteiger partial charge >= 0.3 is 7.12 Å². The molecule has 1 aliphatic heterocycles. The Labute approximate surface area is 142 Å². The number of hydrogen-bond acceptors (Lipinski definition) is 3. The van der Waals surface area contributed by atoms with Crippen molar-refractivity contribution in [2.75, 3.05) is 0 Å². The molecule has 0 saturated carbocycles. The largest absolute Gasteiger partial charge is 0.496 e. The first-order valence-corrected chi connectivity index (χ1v) is 8.16. The van der Waals surface area contributed by atoms with E-state index in [4.69, 9.17) is 20.9 Å². The molecule has 0 N–H and O–H groups in total. The van der Waals surface area contributed by atoms with Gasteiger partial charge in [0.05, 0.1) is 16.2 Å². The number of aromatic nitrogens is 2. The Morgan fingerprint density at radius 1 is 1.04 bits per heavy atom. The van der Waals surface area contributed by atoms with Crippen molar-refractivity contribution in [1.29, 1.82) is 0 Å². The molecule has 0 spiro atoms. The zero-order chi connectivity index (χ0) is 17.0. The molecule has 23 heavy (non-hydrogen) atoms. The summed E-state index contributed by atoms with van der Waals surface area (Å²) in [5, 5.41) is 0.551. The predicted octanol–water partition coefficient (Wildman–Crippen LogP) is 3.44. The second-order valence-electron chi connectivity index (χ2n) is 7.10. The van der Waals surface area contributed by atoms with Gasteiger partial charge in [0, 0.05) is 23.0 Å². The van der Waals surface area contributed by atoms with Crippen molar-refractivity contribution in [3.05, 3.63) is 40.8 Å². The molecule has 0 atom stereocenters. The van der Waals surface area contributed by atoms with Crippen LogP contribution in [-0.4, -0.2) is 27.9 Å². The van der Waals surface area contributed by atoms with Crippen LogP contribution in [0.3, 0.4) is 0 Å². The maximum absolute atomic E-state index is 6.37.